The zero-order valence-electron chi connectivity index (χ0n) is 9.83. The van der Waals surface area contributed by atoms with Gasteiger partial charge in [-0.2, -0.15) is 10.2 Å². The quantitative estimate of drug-likeness (QED) is 0.719. The Morgan fingerprint density at radius 3 is 2.14 bits per heavy atom. The van der Waals surface area contributed by atoms with Crippen LogP contribution in [0.1, 0.15) is 51.9 Å². The van der Waals surface area contributed by atoms with Crippen LogP contribution in [0.25, 0.3) is 0 Å². The van der Waals surface area contributed by atoms with E-state index in [0.717, 1.165) is 17.8 Å². The van der Waals surface area contributed by atoms with Crippen LogP contribution in [-0.4, -0.2) is 10.2 Å². The van der Waals surface area contributed by atoms with Crippen LogP contribution in [0, 0.1) is 5.41 Å². The summed E-state index contributed by atoms with van der Waals surface area (Å²) in [7, 11) is 0. The lowest BCUT2D eigenvalue weighted by molar-refractivity contribution is 0.404. The van der Waals surface area contributed by atoms with Crippen LogP contribution in [0.5, 0.6) is 0 Å². The predicted molar refractivity (Wildman–Crippen MR) is 59.3 cm³/mol. The number of nitrogens with zero attached hydrogens (tertiary/aromatic N) is 2. The summed E-state index contributed by atoms with van der Waals surface area (Å²) in [4.78, 5) is 0. The molecule has 78 valence electrons. The van der Waals surface area contributed by atoms with Gasteiger partial charge in [-0.05, 0) is 29.9 Å². The van der Waals surface area contributed by atoms with E-state index in [2.05, 4.69) is 56.9 Å². The van der Waals surface area contributed by atoms with Gasteiger partial charge in [-0.1, -0.05) is 34.6 Å². The molecule has 0 aliphatic rings. The molecule has 0 saturated carbocycles. The third-order valence-corrected chi connectivity index (χ3v) is 2.04. The Morgan fingerprint density at radius 2 is 1.79 bits per heavy atom. The van der Waals surface area contributed by atoms with Crippen molar-refractivity contribution in [2.24, 2.45) is 5.41 Å². The molecule has 0 aliphatic carbocycles. The van der Waals surface area contributed by atoms with Crippen molar-refractivity contribution in [3.63, 3.8) is 0 Å². The van der Waals surface area contributed by atoms with Crippen molar-refractivity contribution in [3.8, 4) is 0 Å². The highest BCUT2D eigenvalue weighted by Gasteiger charge is 2.12. The monoisotopic (exact) mass is 192 g/mol. The minimum atomic E-state index is 0.286. The first-order chi connectivity index (χ1) is 6.38. The molecular weight excluding hydrogens is 172 g/mol. The van der Waals surface area contributed by atoms with Gasteiger partial charge in [0.25, 0.3) is 0 Å². The van der Waals surface area contributed by atoms with Crippen LogP contribution >= 0.6 is 0 Å². The van der Waals surface area contributed by atoms with Gasteiger partial charge in [0.2, 0.25) is 0 Å². The van der Waals surface area contributed by atoms with Crippen LogP contribution in [-0.2, 0) is 6.42 Å². The van der Waals surface area contributed by atoms with Gasteiger partial charge in [-0.15, -0.1) is 0 Å². The molecule has 0 spiro atoms. The van der Waals surface area contributed by atoms with Crippen molar-refractivity contribution >= 4 is 0 Å². The first-order valence-electron chi connectivity index (χ1n) is 5.21. The van der Waals surface area contributed by atoms with E-state index < -0.39 is 0 Å². The molecule has 1 rings (SSSR count). The fraction of sp³-hybridized carbons (Fsp3) is 0.667. The van der Waals surface area contributed by atoms with Gasteiger partial charge in [0.05, 0.1) is 11.4 Å². The second-order valence-electron chi connectivity index (χ2n) is 5.34. The minimum Gasteiger partial charge on any atom is -0.155 e. The smallest absolute Gasteiger partial charge is 0.0656 e. The fourth-order valence-electron chi connectivity index (χ4n) is 1.32. The van der Waals surface area contributed by atoms with Crippen molar-refractivity contribution in [1.82, 2.24) is 10.2 Å². The molecule has 0 aliphatic heterocycles. The molecule has 0 fully saturated rings. The van der Waals surface area contributed by atoms with Gasteiger partial charge in [0, 0.05) is 0 Å². The summed E-state index contributed by atoms with van der Waals surface area (Å²) in [5.41, 5.74) is 2.44. The lowest BCUT2D eigenvalue weighted by atomic mass is 9.90. The lowest BCUT2D eigenvalue weighted by Gasteiger charge is -2.17. The van der Waals surface area contributed by atoms with Gasteiger partial charge < -0.3 is 0 Å². The summed E-state index contributed by atoms with van der Waals surface area (Å²) in [6.45, 7) is 10.9. The number of rotatable bonds is 2. The van der Waals surface area contributed by atoms with Crippen molar-refractivity contribution in [1.29, 1.82) is 0 Å². The van der Waals surface area contributed by atoms with Crippen molar-refractivity contribution in [3.05, 3.63) is 23.5 Å². The largest absolute Gasteiger partial charge is 0.155 e. The maximum absolute atomic E-state index is 4.24. The number of hydrogen-bond acceptors (Lipinski definition) is 2. The molecule has 0 atom stereocenters. The third kappa shape index (κ3) is 3.44. The second kappa shape index (κ2) is 4.07. The SMILES string of the molecule is CC(C)c1ccc(CC(C)(C)C)nn1. The summed E-state index contributed by atoms with van der Waals surface area (Å²) in [5, 5.41) is 8.45. The second-order valence-corrected chi connectivity index (χ2v) is 5.34. The Kier molecular flexibility index (Phi) is 3.25. The normalized spacial score (nSPS) is 12.1. The number of aromatic nitrogens is 2. The predicted octanol–water partition coefficient (Wildman–Crippen LogP) is 3.19. The maximum Gasteiger partial charge on any atom is 0.0656 e. The topological polar surface area (TPSA) is 25.8 Å². The molecule has 0 radical (unpaired) electrons. The fourth-order valence-corrected chi connectivity index (χ4v) is 1.32. The van der Waals surface area contributed by atoms with E-state index in [1.807, 2.05) is 0 Å². The first kappa shape index (κ1) is 11.2. The van der Waals surface area contributed by atoms with E-state index in [0.29, 0.717) is 5.92 Å². The molecule has 2 nitrogen and oxygen atoms in total. The maximum atomic E-state index is 4.24. The van der Waals surface area contributed by atoms with Gasteiger partial charge in [0.1, 0.15) is 0 Å². The molecule has 14 heavy (non-hydrogen) atoms. The summed E-state index contributed by atoms with van der Waals surface area (Å²) >= 11 is 0. The molecule has 0 saturated heterocycles. The zero-order chi connectivity index (χ0) is 10.8. The zero-order valence-corrected chi connectivity index (χ0v) is 9.83. The van der Waals surface area contributed by atoms with E-state index >= 15 is 0 Å². The van der Waals surface area contributed by atoms with Crippen LogP contribution in [0.4, 0.5) is 0 Å². The highest BCUT2D eigenvalue weighted by Crippen LogP contribution is 2.19. The van der Waals surface area contributed by atoms with Gasteiger partial charge in [0.15, 0.2) is 0 Å². The molecule has 1 heterocycles. The summed E-state index contributed by atoms with van der Waals surface area (Å²) in [6, 6.07) is 4.17. The lowest BCUT2D eigenvalue weighted by Crippen LogP contribution is -2.11. The molecular formula is C12H20N2. The van der Waals surface area contributed by atoms with Crippen LogP contribution in [0.3, 0.4) is 0 Å². The van der Waals surface area contributed by atoms with Gasteiger partial charge >= 0.3 is 0 Å². The molecule has 0 N–H and O–H groups in total. The molecule has 1 aromatic rings. The Hall–Kier alpha value is -0.920. The highest BCUT2D eigenvalue weighted by atomic mass is 15.1. The number of hydrogen-bond donors (Lipinski definition) is 0. The third-order valence-electron chi connectivity index (χ3n) is 2.04. The van der Waals surface area contributed by atoms with Crippen molar-refractivity contribution < 1.29 is 0 Å². The average Bonchev–Trinajstić information content (AvgIpc) is 2.02. The van der Waals surface area contributed by atoms with E-state index in [1.165, 1.54) is 0 Å². The highest BCUT2D eigenvalue weighted by molar-refractivity contribution is 5.10. The minimum absolute atomic E-state index is 0.286. The van der Waals surface area contributed by atoms with Crippen molar-refractivity contribution in [2.45, 2.75) is 47.0 Å². The molecule has 0 amide bonds. The van der Waals surface area contributed by atoms with Crippen LogP contribution < -0.4 is 0 Å². The van der Waals surface area contributed by atoms with Crippen LogP contribution in [0.2, 0.25) is 0 Å². The molecule has 0 aromatic carbocycles. The first-order valence-corrected chi connectivity index (χ1v) is 5.21. The van der Waals surface area contributed by atoms with Crippen LogP contribution in [0.15, 0.2) is 12.1 Å². The van der Waals surface area contributed by atoms with Gasteiger partial charge in [-0.3, -0.25) is 0 Å². The molecule has 0 unspecified atom stereocenters. The van der Waals surface area contributed by atoms with E-state index in [1.54, 1.807) is 0 Å². The summed E-state index contributed by atoms with van der Waals surface area (Å²) in [6.07, 6.45) is 0.984. The van der Waals surface area contributed by atoms with Gasteiger partial charge in [-0.25, -0.2) is 0 Å². The summed E-state index contributed by atoms with van der Waals surface area (Å²) < 4.78 is 0. The van der Waals surface area contributed by atoms with E-state index in [9.17, 15) is 0 Å². The Bertz CT molecular complexity index is 280. The Balaban J connectivity index is 2.74. The average molecular weight is 192 g/mol. The standard InChI is InChI=1S/C12H20N2/c1-9(2)11-7-6-10(13-14-11)8-12(3,4)5/h6-7,9H,8H2,1-5H3. The van der Waals surface area contributed by atoms with E-state index in [-0.39, 0.29) is 5.41 Å². The van der Waals surface area contributed by atoms with Crippen molar-refractivity contribution in [2.75, 3.05) is 0 Å². The molecule has 1 aromatic heterocycles. The Morgan fingerprint density at radius 1 is 1.14 bits per heavy atom. The van der Waals surface area contributed by atoms with E-state index in [4.69, 9.17) is 0 Å². The summed E-state index contributed by atoms with van der Waals surface area (Å²) in [5.74, 6) is 0.464. The molecule has 2 heteroatoms. The Labute approximate surface area is 86.8 Å². The molecule has 0 bridgehead atoms.